The summed E-state index contributed by atoms with van der Waals surface area (Å²) >= 11 is 17.6. The van der Waals surface area contributed by atoms with Crippen LogP contribution in [0.4, 0.5) is 5.69 Å². The first-order valence-corrected chi connectivity index (χ1v) is 7.17. The van der Waals surface area contributed by atoms with Crippen LogP contribution in [0, 0.1) is 0 Å². The molecule has 0 spiro atoms. The van der Waals surface area contributed by atoms with E-state index in [1.807, 2.05) is 12.1 Å². The number of carbonyl (C=O) groups excluding carboxylic acids is 1. The molecule has 1 aromatic heterocycles. The van der Waals surface area contributed by atoms with Gasteiger partial charge in [0.1, 0.15) is 5.69 Å². The number of pyridine rings is 1. The summed E-state index contributed by atoms with van der Waals surface area (Å²) in [6.45, 7) is 0.0779. The van der Waals surface area contributed by atoms with E-state index >= 15 is 0 Å². The quantitative estimate of drug-likeness (QED) is 0.885. The van der Waals surface area contributed by atoms with Crippen molar-refractivity contribution in [3.63, 3.8) is 0 Å². The first-order chi connectivity index (χ1) is 10.0. The highest BCUT2D eigenvalue weighted by Gasteiger charge is 2.17. The minimum atomic E-state index is -0.478. The summed E-state index contributed by atoms with van der Waals surface area (Å²) in [5, 5.41) is 11.8. The second-order valence-electron chi connectivity index (χ2n) is 4.21. The van der Waals surface area contributed by atoms with Crippen molar-refractivity contribution >= 4 is 46.4 Å². The molecule has 1 aromatic carbocycles. The molecule has 2 rings (SSSR count). The summed E-state index contributed by atoms with van der Waals surface area (Å²) in [6.07, 6.45) is 1.84. The van der Waals surface area contributed by atoms with Gasteiger partial charge in [0.15, 0.2) is 0 Å². The van der Waals surface area contributed by atoms with Crippen molar-refractivity contribution in [2.45, 2.75) is 6.42 Å². The summed E-state index contributed by atoms with van der Waals surface area (Å²) in [5.41, 5.74) is 1.57. The Kier molecular flexibility index (Phi) is 5.42. The molecule has 2 N–H and O–H groups in total. The fourth-order valence-electron chi connectivity index (χ4n) is 1.68. The van der Waals surface area contributed by atoms with Crippen molar-refractivity contribution in [1.29, 1.82) is 0 Å². The Hall–Kier alpha value is -1.33. The average molecular weight is 346 g/mol. The highest BCUT2D eigenvalue weighted by atomic mass is 35.5. The third kappa shape index (κ3) is 3.86. The van der Waals surface area contributed by atoms with Crippen molar-refractivity contribution in [3.8, 4) is 0 Å². The highest BCUT2D eigenvalue weighted by Crippen LogP contribution is 2.31. The molecule has 0 aliphatic heterocycles. The van der Waals surface area contributed by atoms with E-state index in [4.69, 9.17) is 39.9 Å². The molecule has 0 fully saturated rings. The highest BCUT2D eigenvalue weighted by molar-refractivity contribution is 6.49. The van der Waals surface area contributed by atoms with Crippen LogP contribution in [0.3, 0.4) is 0 Å². The molecule has 1 heterocycles. The molecule has 0 radical (unpaired) electrons. The van der Waals surface area contributed by atoms with E-state index in [1.165, 1.54) is 6.20 Å². The van der Waals surface area contributed by atoms with Crippen molar-refractivity contribution in [2.75, 3.05) is 11.9 Å². The number of hydrogen-bond acceptors (Lipinski definition) is 3. The Labute approximate surface area is 136 Å². The molecule has 0 saturated heterocycles. The molecule has 4 nitrogen and oxygen atoms in total. The van der Waals surface area contributed by atoms with Gasteiger partial charge in [0.2, 0.25) is 0 Å². The van der Waals surface area contributed by atoms with Crippen LogP contribution in [0.1, 0.15) is 16.1 Å². The largest absolute Gasteiger partial charge is 0.396 e. The van der Waals surface area contributed by atoms with E-state index in [2.05, 4.69) is 10.3 Å². The molecule has 0 saturated carbocycles. The SMILES string of the molecule is O=C(Nc1ccc(CCO)cc1)c1ncc(Cl)c(Cl)c1Cl. The molecule has 110 valence electrons. The number of hydrogen-bond donors (Lipinski definition) is 2. The molecular weight excluding hydrogens is 335 g/mol. The zero-order chi connectivity index (χ0) is 15.4. The summed E-state index contributed by atoms with van der Waals surface area (Å²) in [6, 6.07) is 7.09. The Balaban J connectivity index is 2.16. The number of rotatable bonds is 4. The number of aliphatic hydroxyl groups excluding tert-OH is 1. The fraction of sp³-hybridized carbons (Fsp3) is 0.143. The predicted molar refractivity (Wildman–Crippen MR) is 84.5 cm³/mol. The van der Waals surface area contributed by atoms with Gasteiger partial charge in [-0.3, -0.25) is 4.79 Å². The van der Waals surface area contributed by atoms with Crippen LogP contribution in [-0.4, -0.2) is 22.6 Å². The van der Waals surface area contributed by atoms with Gasteiger partial charge in [0, 0.05) is 18.5 Å². The van der Waals surface area contributed by atoms with E-state index in [9.17, 15) is 4.79 Å². The van der Waals surface area contributed by atoms with Crippen LogP contribution >= 0.6 is 34.8 Å². The maximum absolute atomic E-state index is 12.1. The normalized spacial score (nSPS) is 10.5. The zero-order valence-electron chi connectivity index (χ0n) is 10.7. The molecule has 0 aliphatic rings. The molecule has 0 atom stereocenters. The van der Waals surface area contributed by atoms with Gasteiger partial charge in [-0.05, 0) is 24.1 Å². The maximum Gasteiger partial charge on any atom is 0.275 e. The summed E-state index contributed by atoms with van der Waals surface area (Å²) < 4.78 is 0. The number of halogens is 3. The van der Waals surface area contributed by atoms with Crippen LogP contribution < -0.4 is 5.32 Å². The lowest BCUT2D eigenvalue weighted by molar-refractivity contribution is 0.102. The molecule has 2 aromatic rings. The number of amides is 1. The van der Waals surface area contributed by atoms with Gasteiger partial charge in [0.05, 0.1) is 15.1 Å². The Morgan fingerprint density at radius 3 is 2.43 bits per heavy atom. The monoisotopic (exact) mass is 344 g/mol. The topological polar surface area (TPSA) is 62.2 Å². The number of nitrogens with zero attached hydrogens (tertiary/aromatic N) is 1. The Morgan fingerprint density at radius 1 is 1.14 bits per heavy atom. The number of carbonyl (C=O) groups is 1. The number of anilines is 1. The number of aromatic nitrogens is 1. The minimum absolute atomic E-state index is 0.00509. The summed E-state index contributed by atoms with van der Waals surface area (Å²) in [5.74, 6) is -0.478. The van der Waals surface area contributed by atoms with Gasteiger partial charge in [0.25, 0.3) is 5.91 Å². The van der Waals surface area contributed by atoms with Crippen LogP contribution in [0.5, 0.6) is 0 Å². The van der Waals surface area contributed by atoms with Crippen molar-refractivity contribution < 1.29 is 9.90 Å². The molecule has 0 aliphatic carbocycles. The van der Waals surface area contributed by atoms with E-state index < -0.39 is 5.91 Å². The van der Waals surface area contributed by atoms with Gasteiger partial charge >= 0.3 is 0 Å². The van der Waals surface area contributed by atoms with Gasteiger partial charge in [-0.25, -0.2) is 4.98 Å². The first-order valence-electron chi connectivity index (χ1n) is 6.03. The lowest BCUT2D eigenvalue weighted by Crippen LogP contribution is -2.14. The molecule has 1 amide bonds. The van der Waals surface area contributed by atoms with Crippen molar-refractivity contribution in [2.24, 2.45) is 0 Å². The van der Waals surface area contributed by atoms with E-state index in [1.54, 1.807) is 12.1 Å². The van der Waals surface area contributed by atoms with Gasteiger partial charge < -0.3 is 10.4 Å². The molecule has 7 heteroatoms. The second-order valence-corrected chi connectivity index (χ2v) is 5.37. The fourth-order valence-corrected chi connectivity index (χ4v) is 2.24. The molecule has 21 heavy (non-hydrogen) atoms. The van der Waals surface area contributed by atoms with Gasteiger partial charge in [-0.1, -0.05) is 46.9 Å². The molecule has 0 bridgehead atoms. The Morgan fingerprint density at radius 2 is 1.81 bits per heavy atom. The van der Waals surface area contributed by atoms with Crippen LogP contribution in [-0.2, 0) is 6.42 Å². The van der Waals surface area contributed by atoms with E-state index in [0.717, 1.165) is 5.56 Å². The zero-order valence-corrected chi connectivity index (χ0v) is 13.0. The third-order valence-electron chi connectivity index (χ3n) is 2.74. The molecule has 0 unspecified atom stereocenters. The predicted octanol–water partition coefficient (Wildman–Crippen LogP) is 3.83. The maximum atomic E-state index is 12.1. The van der Waals surface area contributed by atoms with Crippen molar-refractivity contribution in [3.05, 3.63) is 56.8 Å². The van der Waals surface area contributed by atoms with E-state index in [0.29, 0.717) is 12.1 Å². The lowest BCUT2D eigenvalue weighted by Gasteiger charge is -2.08. The van der Waals surface area contributed by atoms with Gasteiger partial charge in [-0.15, -0.1) is 0 Å². The smallest absolute Gasteiger partial charge is 0.275 e. The van der Waals surface area contributed by atoms with Crippen LogP contribution in [0.15, 0.2) is 30.5 Å². The Bertz CT molecular complexity index is 660. The summed E-state index contributed by atoms with van der Waals surface area (Å²) in [7, 11) is 0. The van der Waals surface area contributed by atoms with Crippen molar-refractivity contribution in [1.82, 2.24) is 4.98 Å². The average Bonchev–Trinajstić information content (AvgIpc) is 2.47. The molecular formula is C14H11Cl3N2O2. The number of nitrogens with one attached hydrogen (secondary N) is 1. The van der Waals surface area contributed by atoms with Gasteiger partial charge in [-0.2, -0.15) is 0 Å². The minimum Gasteiger partial charge on any atom is -0.396 e. The summed E-state index contributed by atoms with van der Waals surface area (Å²) in [4.78, 5) is 16.0. The third-order valence-corrected chi connectivity index (χ3v) is 3.99. The van der Waals surface area contributed by atoms with Crippen LogP contribution in [0.25, 0.3) is 0 Å². The second kappa shape index (κ2) is 7.09. The number of benzene rings is 1. The number of aliphatic hydroxyl groups is 1. The van der Waals surface area contributed by atoms with E-state index in [-0.39, 0.29) is 27.4 Å². The van der Waals surface area contributed by atoms with Crippen LogP contribution in [0.2, 0.25) is 15.1 Å². The lowest BCUT2D eigenvalue weighted by atomic mass is 10.1. The standard InChI is InChI=1S/C14H11Cl3N2O2/c15-10-7-18-13(12(17)11(10)16)14(21)19-9-3-1-8(2-4-9)5-6-20/h1-4,7,20H,5-6H2,(H,19,21). The first kappa shape index (κ1) is 16.0.